The number of aliphatic carboxylic acids is 1. The highest BCUT2D eigenvalue weighted by Gasteiger charge is 2.32. The molecule has 0 aromatic heterocycles. The van der Waals surface area contributed by atoms with Gasteiger partial charge in [-0.25, -0.2) is 4.79 Å². The Morgan fingerprint density at radius 2 is 1.93 bits per heavy atom. The Kier molecular flexibility index (Phi) is 5.92. The number of fused-ring (bicyclic) bond motifs is 1. The number of allylic oxidation sites excluding steroid dienone is 1. The zero-order valence-electron chi connectivity index (χ0n) is 14.9. The molecule has 1 heterocycles. The summed E-state index contributed by atoms with van der Waals surface area (Å²) in [5, 5.41) is 21.7. The van der Waals surface area contributed by atoms with Crippen molar-refractivity contribution in [1.29, 1.82) is 5.26 Å². The van der Waals surface area contributed by atoms with E-state index in [0.717, 1.165) is 5.56 Å². The van der Waals surface area contributed by atoms with Crippen LogP contribution >= 0.6 is 23.2 Å². The van der Waals surface area contributed by atoms with Crippen molar-refractivity contribution in [2.24, 2.45) is 5.73 Å². The normalized spacial score (nSPS) is 17.2. The SMILES string of the molecule is N#C/C=C/c1ccc(/C(C(N)=O)=C2/CC(C(=O)O)Nc3cc(Cl)cc(Cl)c32)cc1. The molecule has 1 amide bonds. The van der Waals surface area contributed by atoms with Crippen molar-refractivity contribution in [2.75, 3.05) is 5.32 Å². The Labute approximate surface area is 176 Å². The smallest absolute Gasteiger partial charge is 0.326 e. The fraction of sp³-hybridized carbons (Fsp3) is 0.0952. The monoisotopic (exact) mass is 427 g/mol. The van der Waals surface area contributed by atoms with Gasteiger partial charge in [-0.1, -0.05) is 47.5 Å². The average molecular weight is 428 g/mol. The van der Waals surface area contributed by atoms with Crippen LogP contribution in [-0.4, -0.2) is 23.0 Å². The fourth-order valence-corrected chi connectivity index (χ4v) is 3.88. The number of rotatable bonds is 4. The van der Waals surface area contributed by atoms with E-state index in [1.807, 2.05) is 6.07 Å². The quantitative estimate of drug-likeness (QED) is 0.499. The van der Waals surface area contributed by atoms with Gasteiger partial charge in [0.05, 0.1) is 16.7 Å². The van der Waals surface area contributed by atoms with Crippen LogP contribution in [0.2, 0.25) is 10.0 Å². The van der Waals surface area contributed by atoms with Crippen molar-refractivity contribution in [2.45, 2.75) is 12.5 Å². The minimum absolute atomic E-state index is 0.0120. The Bertz CT molecular complexity index is 1100. The maximum atomic E-state index is 12.4. The molecular weight excluding hydrogens is 413 g/mol. The maximum absolute atomic E-state index is 12.4. The molecule has 8 heteroatoms. The predicted octanol–water partition coefficient (Wildman–Crippen LogP) is 4.20. The second-order valence-corrected chi connectivity index (χ2v) is 7.20. The van der Waals surface area contributed by atoms with Gasteiger partial charge in [0.2, 0.25) is 5.91 Å². The van der Waals surface area contributed by atoms with E-state index in [9.17, 15) is 14.7 Å². The average Bonchev–Trinajstić information content (AvgIpc) is 2.66. The summed E-state index contributed by atoms with van der Waals surface area (Å²) >= 11 is 12.5. The van der Waals surface area contributed by atoms with Crippen LogP contribution in [0, 0.1) is 11.3 Å². The molecule has 1 aliphatic heterocycles. The number of carbonyl (C=O) groups is 2. The molecule has 29 heavy (non-hydrogen) atoms. The molecule has 2 aromatic rings. The molecule has 0 spiro atoms. The number of nitriles is 1. The number of hydrogen-bond donors (Lipinski definition) is 3. The van der Waals surface area contributed by atoms with Crippen LogP contribution in [0.5, 0.6) is 0 Å². The van der Waals surface area contributed by atoms with Crippen molar-refractivity contribution in [1.82, 2.24) is 0 Å². The lowest BCUT2D eigenvalue weighted by molar-refractivity contribution is -0.137. The highest BCUT2D eigenvalue weighted by Crippen LogP contribution is 2.43. The number of amides is 1. The van der Waals surface area contributed by atoms with Crippen molar-refractivity contribution >= 4 is 58.0 Å². The minimum atomic E-state index is -1.08. The van der Waals surface area contributed by atoms with Crippen LogP contribution in [-0.2, 0) is 9.59 Å². The topological polar surface area (TPSA) is 116 Å². The summed E-state index contributed by atoms with van der Waals surface area (Å²) < 4.78 is 0. The second kappa shape index (κ2) is 8.39. The minimum Gasteiger partial charge on any atom is -0.480 e. The fourth-order valence-electron chi connectivity index (χ4n) is 3.27. The first-order valence-corrected chi connectivity index (χ1v) is 9.25. The number of benzene rings is 2. The van der Waals surface area contributed by atoms with E-state index in [1.165, 1.54) is 12.1 Å². The third-order valence-corrected chi connectivity index (χ3v) is 5.01. The van der Waals surface area contributed by atoms with Crippen molar-refractivity contribution in [3.63, 3.8) is 0 Å². The standard InChI is InChI=1S/C21H15Cl2N3O3/c22-13-8-15(23)19-14(10-17(21(28)29)26-16(19)9-13)18(20(25)27)12-5-3-11(4-6-12)2-1-7-24/h1-6,8-9,17,26H,10H2,(H2,25,27)(H,28,29)/b2-1+,18-14+. The number of halogens is 2. The molecule has 0 saturated heterocycles. The molecular formula is C21H15Cl2N3O3. The molecule has 0 saturated carbocycles. The van der Waals surface area contributed by atoms with Gasteiger partial charge in [0.25, 0.3) is 0 Å². The number of nitrogens with two attached hydrogens (primary N) is 1. The van der Waals surface area contributed by atoms with Crippen LogP contribution in [0.1, 0.15) is 23.1 Å². The molecule has 1 atom stereocenters. The summed E-state index contributed by atoms with van der Waals surface area (Å²) in [6.07, 6.45) is 2.98. The summed E-state index contributed by atoms with van der Waals surface area (Å²) in [6.45, 7) is 0. The van der Waals surface area contributed by atoms with Gasteiger partial charge in [-0.05, 0) is 34.9 Å². The van der Waals surface area contributed by atoms with Crippen molar-refractivity contribution in [3.8, 4) is 6.07 Å². The molecule has 146 valence electrons. The van der Waals surface area contributed by atoms with Gasteiger partial charge in [-0.3, -0.25) is 4.79 Å². The summed E-state index contributed by atoms with van der Waals surface area (Å²) in [6, 6.07) is 10.9. The van der Waals surface area contributed by atoms with Gasteiger partial charge in [0.15, 0.2) is 0 Å². The van der Waals surface area contributed by atoms with Crippen molar-refractivity contribution in [3.05, 3.63) is 69.2 Å². The molecule has 2 aromatic carbocycles. The zero-order chi connectivity index (χ0) is 21.1. The summed E-state index contributed by atoms with van der Waals surface area (Å²) in [5.74, 6) is -1.78. The number of carboxylic acids is 1. The highest BCUT2D eigenvalue weighted by molar-refractivity contribution is 6.38. The second-order valence-electron chi connectivity index (χ2n) is 6.35. The third kappa shape index (κ3) is 4.27. The number of nitrogens with one attached hydrogen (secondary N) is 1. The molecule has 0 fully saturated rings. The van der Waals surface area contributed by atoms with E-state index in [-0.39, 0.29) is 17.0 Å². The highest BCUT2D eigenvalue weighted by atomic mass is 35.5. The Morgan fingerprint density at radius 1 is 1.24 bits per heavy atom. The summed E-state index contributed by atoms with van der Waals surface area (Å²) in [4.78, 5) is 24.0. The first kappa shape index (κ1) is 20.5. The number of primary amides is 1. The first-order valence-electron chi connectivity index (χ1n) is 8.50. The molecule has 1 aliphatic rings. The molecule has 0 bridgehead atoms. The Morgan fingerprint density at radius 3 is 2.52 bits per heavy atom. The van der Waals surface area contributed by atoms with Gasteiger partial charge >= 0.3 is 5.97 Å². The molecule has 0 radical (unpaired) electrons. The van der Waals surface area contributed by atoms with Crippen LogP contribution in [0.3, 0.4) is 0 Å². The molecule has 6 nitrogen and oxygen atoms in total. The first-order chi connectivity index (χ1) is 13.8. The predicted molar refractivity (Wildman–Crippen MR) is 113 cm³/mol. The van der Waals surface area contributed by atoms with Crippen LogP contribution in [0.15, 0.2) is 42.5 Å². The van der Waals surface area contributed by atoms with E-state index >= 15 is 0 Å². The maximum Gasteiger partial charge on any atom is 0.326 e. The molecule has 1 unspecified atom stereocenters. The van der Waals surface area contributed by atoms with Crippen LogP contribution in [0.4, 0.5) is 5.69 Å². The number of anilines is 1. The molecule has 0 aliphatic carbocycles. The molecule has 3 rings (SSSR count). The van der Waals surface area contributed by atoms with Gasteiger partial charge in [0, 0.05) is 28.8 Å². The molecule has 4 N–H and O–H groups in total. The van der Waals surface area contributed by atoms with Crippen molar-refractivity contribution < 1.29 is 14.7 Å². The lowest BCUT2D eigenvalue weighted by Gasteiger charge is -2.29. The lowest BCUT2D eigenvalue weighted by Crippen LogP contribution is -2.33. The summed E-state index contributed by atoms with van der Waals surface area (Å²) in [5.41, 5.74) is 8.50. The Balaban J connectivity index is 2.24. The van der Waals surface area contributed by atoms with Crippen LogP contribution < -0.4 is 11.1 Å². The largest absolute Gasteiger partial charge is 0.480 e. The van der Waals surface area contributed by atoms with E-state index < -0.39 is 17.9 Å². The number of nitrogens with zero attached hydrogens (tertiary/aromatic N) is 1. The van der Waals surface area contributed by atoms with Crippen LogP contribution in [0.25, 0.3) is 17.2 Å². The van der Waals surface area contributed by atoms with Gasteiger partial charge in [0.1, 0.15) is 6.04 Å². The van der Waals surface area contributed by atoms with E-state index in [1.54, 1.807) is 36.4 Å². The van der Waals surface area contributed by atoms with Gasteiger partial charge in [-0.2, -0.15) is 5.26 Å². The van der Waals surface area contributed by atoms with E-state index in [4.69, 9.17) is 34.2 Å². The third-order valence-electron chi connectivity index (χ3n) is 4.49. The number of hydrogen-bond acceptors (Lipinski definition) is 4. The Hall–Kier alpha value is -3.27. The van der Waals surface area contributed by atoms with E-state index in [0.29, 0.717) is 27.4 Å². The number of carbonyl (C=O) groups excluding carboxylic acids is 1. The van der Waals surface area contributed by atoms with E-state index in [2.05, 4.69) is 5.32 Å². The number of carboxylic acid groups (broad SMARTS) is 1. The zero-order valence-corrected chi connectivity index (χ0v) is 16.5. The summed E-state index contributed by atoms with van der Waals surface area (Å²) in [7, 11) is 0. The van der Waals surface area contributed by atoms with Gasteiger partial charge in [-0.15, -0.1) is 0 Å². The van der Waals surface area contributed by atoms with Gasteiger partial charge < -0.3 is 16.2 Å². The lowest BCUT2D eigenvalue weighted by atomic mass is 9.85.